The van der Waals surface area contributed by atoms with Gasteiger partial charge in [-0.25, -0.2) is 4.79 Å². The zero-order valence-corrected chi connectivity index (χ0v) is 29.8. The van der Waals surface area contributed by atoms with E-state index >= 15 is 0 Å². The molecule has 16 heteroatoms. The Morgan fingerprint density at radius 2 is 1.76 bits per heavy atom. The fourth-order valence-electron chi connectivity index (χ4n) is 10.1. The van der Waals surface area contributed by atoms with Crippen LogP contribution in [0.5, 0.6) is 0 Å². The Bertz CT molecular complexity index is 1490. The summed E-state index contributed by atoms with van der Waals surface area (Å²) in [4.78, 5) is 53.2. The topological polar surface area (TPSA) is 252 Å². The van der Waals surface area contributed by atoms with Crippen molar-refractivity contribution in [3.8, 4) is 0 Å². The molecule has 2 aliphatic heterocycles. The summed E-state index contributed by atoms with van der Waals surface area (Å²) in [6.45, 7) is 8.51. The average molecular weight is 727 g/mol. The number of aliphatic hydroxyl groups excluding tert-OH is 4. The highest BCUT2D eigenvalue weighted by Gasteiger charge is 2.86. The van der Waals surface area contributed by atoms with Crippen LogP contribution in [-0.2, 0) is 42.9 Å². The second-order valence-electron chi connectivity index (χ2n) is 15.6. The minimum Gasteiger partial charge on any atom is -0.479 e. The van der Waals surface area contributed by atoms with Crippen LogP contribution in [0.1, 0.15) is 78.9 Å². The number of epoxide rings is 1. The van der Waals surface area contributed by atoms with E-state index in [4.69, 9.17) is 28.1 Å². The van der Waals surface area contributed by atoms with Crippen molar-refractivity contribution < 1.29 is 77.9 Å². The van der Waals surface area contributed by atoms with Gasteiger partial charge in [-0.1, -0.05) is 13.8 Å². The second-order valence-corrected chi connectivity index (χ2v) is 15.6. The first-order valence-corrected chi connectivity index (χ1v) is 17.0. The Hall–Kier alpha value is -2.96. The van der Waals surface area contributed by atoms with Gasteiger partial charge < -0.3 is 58.7 Å². The second kappa shape index (κ2) is 13.5. The van der Waals surface area contributed by atoms with Crippen LogP contribution in [0, 0.1) is 28.1 Å². The summed E-state index contributed by atoms with van der Waals surface area (Å²) in [7, 11) is 1.18. The van der Waals surface area contributed by atoms with Crippen molar-refractivity contribution in [2.24, 2.45) is 28.1 Å². The first kappa shape index (κ1) is 39.3. The van der Waals surface area contributed by atoms with Crippen LogP contribution in [-0.4, -0.2) is 122 Å². The predicted octanol–water partition coefficient (Wildman–Crippen LogP) is 0.643. The van der Waals surface area contributed by atoms with E-state index in [0.717, 1.165) is 0 Å². The van der Waals surface area contributed by atoms with Gasteiger partial charge in [0.05, 0.1) is 49.8 Å². The number of carboxylic acids is 1. The molecule has 1 aromatic rings. The lowest BCUT2D eigenvalue weighted by molar-refractivity contribution is -0.329. The van der Waals surface area contributed by atoms with Gasteiger partial charge in [0.2, 0.25) is 0 Å². The maximum absolute atomic E-state index is 14.8. The number of Topliss-reactive ketones (excluding diaryl/α,β-unsaturated/α-hetero) is 1. The summed E-state index contributed by atoms with van der Waals surface area (Å²) in [5.74, 6) is -4.95. The smallest absolute Gasteiger partial charge is 0.335 e. The summed E-state index contributed by atoms with van der Waals surface area (Å²) in [6, 6.07) is 1.55. The molecule has 2 aliphatic carbocycles. The summed E-state index contributed by atoms with van der Waals surface area (Å²) < 4.78 is 34.6. The molecule has 1 aromatic heterocycles. The van der Waals surface area contributed by atoms with Crippen LogP contribution >= 0.6 is 0 Å². The van der Waals surface area contributed by atoms with Gasteiger partial charge in [0, 0.05) is 35.7 Å². The molecule has 3 heterocycles. The molecule has 6 N–H and O–H groups in total. The number of ketones is 1. The molecule has 286 valence electrons. The van der Waals surface area contributed by atoms with E-state index < -0.39 is 125 Å². The number of esters is 2. The molecule has 2 saturated heterocycles. The Morgan fingerprint density at radius 1 is 1.10 bits per heavy atom. The number of ether oxygens (including phenoxy) is 5. The van der Waals surface area contributed by atoms with Crippen LogP contribution in [0.25, 0.3) is 0 Å². The van der Waals surface area contributed by atoms with Gasteiger partial charge >= 0.3 is 17.9 Å². The lowest BCUT2D eigenvalue weighted by atomic mass is 9.37. The number of furan rings is 1. The highest BCUT2D eigenvalue weighted by Crippen LogP contribution is 2.77. The van der Waals surface area contributed by atoms with E-state index in [-0.39, 0.29) is 19.3 Å². The number of carboxylic acid groups (broad SMARTS) is 1. The van der Waals surface area contributed by atoms with Crippen LogP contribution in [0.3, 0.4) is 0 Å². The standard InChI is InChI=1S/C35H50O16/c1-16(37)48-22(13-23(39)46-7)33(5)19-8-10-32(4,35(28(51-35)29(43)44)34(19,6)21(38)12-20(33)31(2,3)45)27(17-9-11-47-15-17)50-30-26(42)25(41)24(40)18(14-36)49-30/h9,11,15,18-20,22,24-28,30,36,40-42,45H,8,10,12-14H2,1-7H3,(H,43,44)/t18-,19-,20+,22+,24-,25+,26-,27+,28+,30+,32+,33-,34+,35-/m1/s1. The lowest BCUT2D eigenvalue weighted by Gasteiger charge is -2.66. The minimum absolute atomic E-state index is 0.0801. The van der Waals surface area contributed by atoms with Crippen molar-refractivity contribution in [1.82, 2.24) is 0 Å². The maximum atomic E-state index is 14.8. The van der Waals surface area contributed by atoms with E-state index in [0.29, 0.717) is 5.56 Å². The van der Waals surface area contributed by atoms with E-state index in [2.05, 4.69) is 0 Å². The molecule has 14 atom stereocenters. The zero-order valence-electron chi connectivity index (χ0n) is 29.8. The van der Waals surface area contributed by atoms with E-state index in [1.165, 1.54) is 40.4 Å². The summed E-state index contributed by atoms with van der Waals surface area (Å²) in [5.41, 5.74) is -7.51. The highest BCUT2D eigenvalue weighted by molar-refractivity contribution is 5.92. The molecule has 0 radical (unpaired) electrons. The molecular weight excluding hydrogens is 676 g/mol. The fraction of sp³-hybridized carbons (Fsp3) is 0.771. The number of rotatable bonds is 11. The molecule has 1 spiro atoms. The molecule has 5 rings (SSSR count). The lowest BCUT2D eigenvalue weighted by Crippen LogP contribution is -2.72. The predicted molar refractivity (Wildman–Crippen MR) is 170 cm³/mol. The minimum atomic E-state index is -1.85. The Labute approximate surface area is 294 Å². The number of aliphatic carboxylic acids is 1. The van der Waals surface area contributed by atoms with Gasteiger partial charge in [0.25, 0.3) is 0 Å². The summed E-state index contributed by atoms with van der Waals surface area (Å²) in [5, 5.41) is 63.9. The van der Waals surface area contributed by atoms with Crippen LogP contribution in [0.15, 0.2) is 23.0 Å². The van der Waals surface area contributed by atoms with Gasteiger partial charge in [-0.3, -0.25) is 14.4 Å². The van der Waals surface area contributed by atoms with Crippen molar-refractivity contribution >= 4 is 23.7 Å². The molecule has 51 heavy (non-hydrogen) atoms. The van der Waals surface area contributed by atoms with Gasteiger partial charge in [-0.2, -0.15) is 0 Å². The Balaban J connectivity index is 1.70. The first-order valence-electron chi connectivity index (χ1n) is 17.0. The monoisotopic (exact) mass is 726 g/mol. The molecule has 0 unspecified atom stereocenters. The van der Waals surface area contributed by atoms with Crippen molar-refractivity contribution in [2.45, 2.75) is 127 Å². The first-order chi connectivity index (χ1) is 23.7. The number of carbonyl (C=O) groups excluding carboxylic acids is 3. The third-order valence-corrected chi connectivity index (χ3v) is 12.6. The molecule has 16 nitrogen and oxygen atoms in total. The van der Waals surface area contributed by atoms with Crippen molar-refractivity contribution in [3.63, 3.8) is 0 Å². The van der Waals surface area contributed by atoms with Crippen LogP contribution < -0.4 is 0 Å². The molecule has 2 saturated carbocycles. The molecule has 4 aliphatic rings. The third-order valence-electron chi connectivity index (χ3n) is 12.6. The number of carbonyl (C=O) groups is 4. The Kier molecular flexibility index (Phi) is 10.4. The average Bonchev–Trinajstić information content (AvgIpc) is 3.62. The SMILES string of the molecule is COC(=O)C[C@H](OC(C)=O)[C@]1(C)[C@H]2CC[C@@](C)([C@@H](O[C@@H]3O[C@H](CO)[C@@H](O)[C@H](O)[C@H]3O)c3ccoc3)[C@@]3(O[C@H]3C(=O)O)[C@]2(C)C(=O)C[C@H]1C(C)(C)O. The zero-order chi connectivity index (χ0) is 38.1. The molecule has 0 aromatic carbocycles. The van der Waals surface area contributed by atoms with Crippen LogP contribution in [0.2, 0.25) is 0 Å². The number of hydrogen-bond acceptors (Lipinski definition) is 15. The summed E-state index contributed by atoms with van der Waals surface area (Å²) in [6.07, 6.45) is -10.1. The van der Waals surface area contributed by atoms with Crippen molar-refractivity contribution in [1.29, 1.82) is 0 Å². The molecule has 4 fully saturated rings. The highest BCUT2D eigenvalue weighted by atomic mass is 16.7. The van der Waals surface area contributed by atoms with Gasteiger partial charge in [-0.05, 0) is 45.6 Å². The van der Waals surface area contributed by atoms with Gasteiger partial charge in [0.1, 0.15) is 41.9 Å². The third kappa shape index (κ3) is 5.91. The fourth-order valence-corrected chi connectivity index (χ4v) is 10.1. The summed E-state index contributed by atoms with van der Waals surface area (Å²) >= 11 is 0. The van der Waals surface area contributed by atoms with Crippen molar-refractivity contribution in [3.05, 3.63) is 24.2 Å². The van der Waals surface area contributed by atoms with Gasteiger partial charge in [-0.15, -0.1) is 0 Å². The molecule has 0 bridgehead atoms. The number of methoxy groups -OCH3 is 1. The number of hydrogen-bond donors (Lipinski definition) is 6. The van der Waals surface area contributed by atoms with Gasteiger partial charge in [0.15, 0.2) is 12.4 Å². The van der Waals surface area contributed by atoms with E-state index in [9.17, 15) is 49.8 Å². The van der Waals surface area contributed by atoms with E-state index in [1.807, 2.05) is 0 Å². The molecular formula is C35H50O16. The number of aliphatic hydroxyl groups is 5. The quantitative estimate of drug-likeness (QED) is 0.135. The molecule has 0 amide bonds. The maximum Gasteiger partial charge on any atom is 0.335 e. The normalized spacial score (nSPS) is 42.1. The Morgan fingerprint density at radius 3 is 2.27 bits per heavy atom. The largest absolute Gasteiger partial charge is 0.479 e. The van der Waals surface area contributed by atoms with Crippen molar-refractivity contribution in [2.75, 3.05) is 13.7 Å². The van der Waals surface area contributed by atoms with Crippen LogP contribution in [0.4, 0.5) is 0 Å². The number of fused-ring (bicyclic) bond motifs is 2. The van der Waals surface area contributed by atoms with E-state index in [1.54, 1.807) is 26.8 Å².